The molecule has 2 rings (SSSR count). The second kappa shape index (κ2) is 4.76. The summed E-state index contributed by atoms with van der Waals surface area (Å²) in [5.41, 5.74) is 1.74. The molecule has 1 aromatic carbocycles. The fourth-order valence-electron chi connectivity index (χ4n) is 2.04. The molecule has 1 aromatic rings. The summed E-state index contributed by atoms with van der Waals surface area (Å²) in [5, 5.41) is 22.0. The molecular formula is C12H15ClN2O3. The van der Waals surface area contributed by atoms with Crippen LogP contribution in [0.5, 0.6) is 0 Å². The first-order chi connectivity index (χ1) is 8.40. The van der Waals surface area contributed by atoms with Crippen LogP contribution in [0.25, 0.3) is 0 Å². The minimum absolute atomic E-state index is 0.426. The lowest BCUT2D eigenvalue weighted by Crippen LogP contribution is -2.27. The number of aliphatic hydroxyl groups is 2. The first-order valence-corrected chi connectivity index (χ1v) is 5.99. The molecule has 1 amide bonds. The summed E-state index contributed by atoms with van der Waals surface area (Å²) in [6.45, 7) is 2.11. The van der Waals surface area contributed by atoms with E-state index in [1.165, 1.54) is 0 Å². The number of halogens is 1. The molecule has 0 saturated carbocycles. The topological polar surface area (TPSA) is 72.8 Å². The van der Waals surface area contributed by atoms with Gasteiger partial charge >= 0.3 is 0 Å². The Kier molecular flexibility index (Phi) is 3.47. The Bertz CT molecular complexity index is 490. The van der Waals surface area contributed by atoms with Gasteiger partial charge in [-0.05, 0) is 19.1 Å². The van der Waals surface area contributed by atoms with Crippen molar-refractivity contribution in [3.8, 4) is 0 Å². The maximum absolute atomic E-state index is 11.3. The third kappa shape index (κ3) is 2.29. The molecule has 5 nitrogen and oxygen atoms in total. The standard InChI is InChI=1S/C12H15ClN2O3/c1-6(16)5-15(2)10-4-9-7(3-8(10)13)11(17)12(18)14-9/h3-4,6,11,16-17H,5H2,1-2H3,(H,14,18). The first kappa shape index (κ1) is 13.1. The molecule has 18 heavy (non-hydrogen) atoms. The number of likely N-dealkylation sites (N-methyl/N-ethyl adjacent to an activating group) is 1. The van der Waals surface area contributed by atoms with E-state index in [4.69, 9.17) is 11.6 Å². The van der Waals surface area contributed by atoms with E-state index >= 15 is 0 Å². The molecule has 98 valence electrons. The van der Waals surface area contributed by atoms with Crippen molar-refractivity contribution in [1.82, 2.24) is 0 Å². The first-order valence-electron chi connectivity index (χ1n) is 5.61. The number of carbonyl (C=O) groups excluding carboxylic acids is 1. The Balaban J connectivity index is 2.35. The van der Waals surface area contributed by atoms with E-state index in [0.717, 1.165) is 0 Å². The monoisotopic (exact) mass is 270 g/mol. The minimum atomic E-state index is -1.16. The smallest absolute Gasteiger partial charge is 0.257 e. The van der Waals surface area contributed by atoms with Gasteiger partial charge in [0.1, 0.15) is 0 Å². The summed E-state index contributed by atoms with van der Waals surface area (Å²) in [7, 11) is 1.80. The van der Waals surface area contributed by atoms with Crippen molar-refractivity contribution < 1.29 is 15.0 Å². The molecule has 2 unspecified atom stereocenters. The highest BCUT2D eigenvalue weighted by Crippen LogP contribution is 2.38. The Morgan fingerprint density at radius 1 is 1.56 bits per heavy atom. The fourth-order valence-corrected chi connectivity index (χ4v) is 2.36. The van der Waals surface area contributed by atoms with Gasteiger partial charge in [0.05, 0.1) is 16.8 Å². The fraction of sp³-hybridized carbons (Fsp3) is 0.417. The van der Waals surface area contributed by atoms with E-state index in [9.17, 15) is 15.0 Å². The highest BCUT2D eigenvalue weighted by atomic mass is 35.5. The third-order valence-corrected chi connectivity index (χ3v) is 3.17. The maximum Gasteiger partial charge on any atom is 0.257 e. The Morgan fingerprint density at radius 3 is 2.83 bits per heavy atom. The molecule has 6 heteroatoms. The van der Waals surface area contributed by atoms with Crippen molar-refractivity contribution in [3.63, 3.8) is 0 Å². The Labute approximate surface area is 110 Å². The van der Waals surface area contributed by atoms with Crippen molar-refractivity contribution >= 4 is 28.9 Å². The van der Waals surface area contributed by atoms with Gasteiger partial charge in [-0.2, -0.15) is 0 Å². The zero-order valence-corrected chi connectivity index (χ0v) is 10.9. The predicted octanol–water partition coefficient (Wildman–Crippen LogP) is 1.14. The lowest BCUT2D eigenvalue weighted by Gasteiger charge is -2.22. The van der Waals surface area contributed by atoms with Crippen LogP contribution in [0.15, 0.2) is 12.1 Å². The van der Waals surface area contributed by atoms with Crippen LogP contribution >= 0.6 is 11.6 Å². The van der Waals surface area contributed by atoms with Crippen LogP contribution in [0.2, 0.25) is 5.02 Å². The molecule has 1 aliphatic rings. The second-order valence-corrected chi connectivity index (χ2v) is 4.92. The van der Waals surface area contributed by atoms with Crippen LogP contribution in [0.1, 0.15) is 18.6 Å². The number of rotatable bonds is 3. The molecule has 0 aliphatic carbocycles. The number of hydrogen-bond acceptors (Lipinski definition) is 4. The van der Waals surface area contributed by atoms with E-state index in [-0.39, 0.29) is 0 Å². The molecule has 0 bridgehead atoms. The molecule has 1 aliphatic heterocycles. The van der Waals surface area contributed by atoms with Crippen molar-refractivity contribution in [2.45, 2.75) is 19.1 Å². The summed E-state index contributed by atoms with van der Waals surface area (Å²) >= 11 is 6.13. The van der Waals surface area contributed by atoms with Crippen molar-refractivity contribution in [1.29, 1.82) is 0 Å². The molecule has 0 spiro atoms. The van der Waals surface area contributed by atoms with Crippen LogP contribution in [-0.2, 0) is 4.79 Å². The number of nitrogens with zero attached hydrogens (tertiary/aromatic N) is 1. The van der Waals surface area contributed by atoms with Gasteiger partial charge in [0.2, 0.25) is 0 Å². The van der Waals surface area contributed by atoms with Crippen LogP contribution in [0.4, 0.5) is 11.4 Å². The number of benzene rings is 1. The van der Waals surface area contributed by atoms with Gasteiger partial charge in [0, 0.05) is 24.8 Å². The van der Waals surface area contributed by atoms with E-state index in [1.54, 1.807) is 31.0 Å². The van der Waals surface area contributed by atoms with E-state index < -0.39 is 18.1 Å². The number of amides is 1. The molecule has 0 aromatic heterocycles. The lowest BCUT2D eigenvalue weighted by atomic mass is 10.1. The largest absolute Gasteiger partial charge is 0.392 e. The van der Waals surface area contributed by atoms with Crippen LogP contribution in [0.3, 0.4) is 0 Å². The average molecular weight is 271 g/mol. The molecule has 0 fully saturated rings. The zero-order chi connectivity index (χ0) is 13.4. The maximum atomic E-state index is 11.3. The summed E-state index contributed by atoms with van der Waals surface area (Å²) in [5.74, 6) is -0.448. The minimum Gasteiger partial charge on any atom is -0.392 e. The van der Waals surface area contributed by atoms with E-state index in [0.29, 0.717) is 28.5 Å². The van der Waals surface area contributed by atoms with Gasteiger partial charge in [-0.3, -0.25) is 4.79 Å². The van der Waals surface area contributed by atoms with Gasteiger partial charge in [-0.15, -0.1) is 0 Å². The summed E-state index contributed by atoms with van der Waals surface area (Å²) < 4.78 is 0. The number of carbonyl (C=O) groups is 1. The number of aliphatic hydroxyl groups excluding tert-OH is 2. The summed E-state index contributed by atoms with van der Waals surface area (Å²) in [4.78, 5) is 13.1. The van der Waals surface area contributed by atoms with E-state index in [2.05, 4.69) is 5.32 Å². The number of nitrogens with one attached hydrogen (secondary N) is 1. The van der Waals surface area contributed by atoms with Crippen molar-refractivity contribution in [3.05, 3.63) is 22.7 Å². The van der Waals surface area contributed by atoms with Crippen LogP contribution in [-0.4, -0.2) is 35.8 Å². The molecule has 3 N–H and O–H groups in total. The number of hydrogen-bond donors (Lipinski definition) is 3. The van der Waals surface area contributed by atoms with Crippen molar-refractivity contribution in [2.24, 2.45) is 0 Å². The van der Waals surface area contributed by atoms with Gasteiger partial charge in [-0.25, -0.2) is 0 Å². The second-order valence-electron chi connectivity index (χ2n) is 4.51. The van der Waals surface area contributed by atoms with Gasteiger partial charge in [0.25, 0.3) is 5.91 Å². The normalized spacial score (nSPS) is 19.4. The molecule has 1 heterocycles. The van der Waals surface area contributed by atoms with Crippen LogP contribution < -0.4 is 10.2 Å². The average Bonchev–Trinajstić information content (AvgIpc) is 2.53. The molecule has 0 radical (unpaired) electrons. The zero-order valence-electron chi connectivity index (χ0n) is 10.1. The molecule has 0 saturated heterocycles. The Morgan fingerprint density at radius 2 is 2.22 bits per heavy atom. The third-order valence-electron chi connectivity index (χ3n) is 2.87. The van der Waals surface area contributed by atoms with Gasteiger partial charge in [0.15, 0.2) is 6.10 Å². The van der Waals surface area contributed by atoms with Crippen molar-refractivity contribution in [2.75, 3.05) is 23.8 Å². The van der Waals surface area contributed by atoms with Gasteiger partial charge < -0.3 is 20.4 Å². The highest BCUT2D eigenvalue weighted by Gasteiger charge is 2.30. The Hall–Kier alpha value is -1.30. The SMILES string of the molecule is CC(O)CN(C)c1cc2c(cc1Cl)C(O)C(=O)N2. The lowest BCUT2D eigenvalue weighted by molar-refractivity contribution is -0.123. The van der Waals surface area contributed by atoms with Crippen LogP contribution in [0, 0.1) is 0 Å². The van der Waals surface area contributed by atoms with E-state index in [1.807, 2.05) is 0 Å². The number of fused-ring (bicyclic) bond motifs is 1. The summed E-state index contributed by atoms with van der Waals surface area (Å²) in [6.07, 6.45) is -1.65. The molecule has 2 atom stereocenters. The predicted molar refractivity (Wildman–Crippen MR) is 70.0 cm³/mol. The molecular weight excluding hydrogens is 256 g/mol. The van der Waals surface area contributed by atoms with Gasteiger partial charge in [-0.1, -0.05) is 11.6 Å². The summed E-state index contributed by atoms with van der Waals surface area (Å²) in [6, 6.07) is 3.28. The quantitative estimate of drug-likeness (QED) is 0.770. The number of anilines is 2. The highest BCUT2D eigenvalue weighted by molar-refractivity contribution is 6.33.